The maximum absolute atomic E-state index is 12.9. The third kappa shape index (κ3) is 3.47. The average molecular weight is 370 g/mol. The number of hydrogen-bond acceptors (Lipinski definition) is 4. The Balaban J connectivity index is 1.28. The maximum Gasteiger partial charge on any atom is 0.226 e. The van der Waals surface area contributed by atoms with Crippen LogP contribution >= 0.6 is 0 Å². The molecule has 4 fully saturated rings. The largest absolute Gasteiger partial charge is 0.337 e. The molecule has 0 unspecified atom stereocenters. The average Bonchev–Trinajstić information content (AvgIpc) is 3.36. The molecule has 2 heterocycles. The van der Waals surface area contributed by atoms with Gasteiger partial charge in [0.05, 0.1) is 6.26 Å². The third-order valence-corrected chi connectivity index (χ3v) is 8.27. The van der Waals surface area contributed by atoms with Gasteiger partial charge in [0.15, 0.2) is 0 Å². The number of rotatable bonds is 3. The molecule has 2 aliphatic heterocycles. The van der Waals surface area contributed by atoms with Crippen molar-refractivity contribution >= 4 is 15.9 Å². The van der Waals surface area contributed by atoms with Crippen molar-refractivity contribution in [3.8, 4) is 0 Å². The lowest BCUT2D eigenvalue weighted by Gasteiger charge is -2.53. The number of piperazine rings is 1. The molecule has 0 aromatic rings. The lowest BCUT2D eigenvalue weighted by molar-refractivity contribution is -0.150. The van der Waals surface area contributed by atoms with Crippen molar-refractivity contribution in [2.45, 2.75) is 57.5 Å². The van der Waals surface area contributed by atoms with Gasteiger partial charge in [-0.15, -0.1) is 0 Å². The predicted octanol–water partition coefficient (Wildman–Crippen LogP) is 1.13. The maximum atomic E-state index is 12.9. The summed E-state index contributed by atoms with van der Waals surface area (Å²) in [5.41, 5.74) is 0.223. The van der Waals surface area contributed by atoms with Gasteiger partial charge < -0.3 is 4.90 Å². The standard InChI is InChI=1S/C18H31N3O3S/c1-14-13-19(16-3-4-16)9-10-21(14)17(22)15-11-18(12-15)5-7-20(8-6-18)25(2,23)24/h14-16H,3-13H2,1-2H3/t14-/m0/s1. The Morgan fingerprint density at radius 3 is 2.20 bits per heavy atom. The fourth-order valence-corrected chi connectivity index (χ4v) is 6.03. The second-order valence-electron chi connectivity index (χ2n) is 8.87. The molecule has 142 valence electrons. The van der Waals surface area contributed by atoms with E-state index in [4.69, 9.17) is 0 Å². The van der Waals surface area contributed by atoms with Crippen LogP contribution in [0, 0.1) is 11.3 Å². The van der Waals surface area contributed by atoms with E-state index in [1.54, 1.807) is 4.31 Å². The number of amides is 1. The van der Waals surface area contributed by atoms with Crippen molar-refractivity contribution in [1.82, 2.24) is 14.1 Å². The number of carbonyl (C=O) groups is 1. The van der Waals surface area contributed by atoms with E-state index < -0.39 is 10.0 Å². The van der Waals surface area contributed by atoms with Gasteiger partial charge in [0.2, 0.25) is 15.9 Å². The topological polar surface area (TPSA) is 60.9 Å². The van der Waals surface area contributed by atoms with Crippen LogP contribution in [0.15, 0.2) is 0 Å². The summed E-state index contributed by atoms with van der Waals surface area (Å²) in [6, 6.07) is 1.11. The Morgan fingerprint density at radius 2 is 1.68 bits per heavy atom. The molecule has 2 saturated heterocycles. The Kier molecular flexibility index (Phi) is 4.40. The quantitative estimate of drug-likeness (QED) is 0.748. The Hall–Kier alpha value is -0.660. The zero-order valence-electron chi connectivity index (χ0n) is 15.5. The summed E-state index contributed by atoms with van der Waals surface area (Å²) in [5, 5.41) is 0. The van der Waals surface area contributed by atoms with Crippen molar-refractivity contribution in [1.29, 1.82) is 0 Å². The van der Waals surface area contributed by atoms with Crippen LogP contribution in [0.1, 0.15) is 45.4 Å². The van der Waals surface area contributed by atoms with Gasteiger partial charge in [0.25, 0.3) is 0 Å². The van der Waals surface area contributed by atoms with E-state index in [1.807, 2.05) is 0 Å². The molecule has 0 N–H and O–H groups in total. The van der Waals surface area contributed by atoms with E-state index in [0.717, 1.165) is 51.4 Å². The summed E-state index contributed by atoms with van der Waals surface area (Å²) in [6.07, 6.45) is 7.69. The predicted molar refractivity (Wildman–Crippen MR) is 96.6 cm³/mol. The molecule has 2 aliphatic carbocycles. The monoisotopic (exact) mass is 369 g/mol. The van der Waals surface area contributed by atoms with E-state index >= 15 is 0 Å². The highest BCUT2D eigenvalue weighted by atomic mass is 32.2. The minimum atomic E-state index is -3.07. The first-order valence-electron chi connectivity index (χ1n) is 9.77. The van der Waals surface area contributed by atoms with Crippen molar-refractivity contribution in [3.63, 3.8) is 0 Å². The normalized spacial score (nSPS) is 31.9. The Morgan fingerprint density at radius 1 is 1.04 bits per heavy atom. The highest BCUT2D eigenvalue weighted by Gasteiger charge is 2.50. The first-order valence-corrected chi connectivity index (χ1v) is 11.6. The van der Waals surface area contributed by atoms with E-state index in [2.05, 4.69) is 16.7 Å². The third-order valence-electron chi connectivity index (χ3n) is 6.97. The van der Waals surface area contributed by atoms with Gasteiger partial charge in [-0.3, -0.25) is 9.69 Å². The zero-order valence-corrected chi connectivity index (χ0v) is 16.3. The van der Waals surface area contributed by atoms with Gasteiger partial charge >= 0.3 is 0 Å². The van der Waals surface area contributed by atoms with Crippen molar-refractivity contribution in [2.75, 3.05) is 39.0 Å². The summed E-state index contributed by atoms with van der Waals surface area (Å²) >= 11 is 0. The molecule has 0 aromatic carbocycles. The van der Waals surface area contributed by atoms with Crippen molar-refractivity contribution < 1.29 is 13.2 Å². The minimum Gasteiger partial charge on any atom is -0.337 e. The number of carbonyl (C=O) groups excluding carboxylic acids is 1. The van der Waals surface area contributed by atoms with Crippen molar-refractivity contribution in [2.24, 2.45) is 11.3 Å². The van der Waals surface area contributed by atoms with Gasteiger partial charge in [-0.2, -0.15) is 0 Å². The molecule has 1 atom stereocenters. The number of hydrogen-bond donors (Lipinski definition) is 0. The summed E-state index contributed by atoms with van der Waals surface area (Å²) in [7, 11) is -3.07. The van der Waals surface area contributed by atoms with E-state index in [-0.39, 0.29) is 11.3 Å². The van der Waals surface area contributed by atoms with Crippen LogP contribution in [0.25, 0.3) is 0 Å². The van der Waals surface area contributed by atoms with Crippen LogP contribution < -0.4 is 0 Å². The van der Waals surface area contributed by atoms with E-state index in [9.17, 15) is 13.2 Å². The van der Waals surface area contributed by atoms with Gasteiger partial charge in [-0.1, -0.05) is 0 Å². The van der Waals surface area contributed by atoms with E-state index in [1.165, 1.54) is 19.1 Å². The summed E-state index contributed by atoms with van der Waals surface area (Å²) in [5.74, 6) is 0.513. The minimum absolute atomic E-state index is 0.166. The lowest BCUT2D eigenvalue weighted by atomic mass is 9.57. The van der Waals surface area contributed by atoms with Gasteiger partial charge in [0.1, 0.15) is 0 Å². The molecule has 25 heavy (non-hydrogen) atoms. The Bertz CT molecular complexity index is 630. The fraction of sp³-hybridized carbons (Fsp3) is 0.944. The molecule has 4 aliphatic rings. The van der Waals surface area contributed by atoms with Gasteiger partial charge in [-0.05, 0) is 50.9 Å². The highest BCUT2D eigenvalue weighted by molar-refractivity contribution is 7.88. The van der Waals surface area contributed by atoms with Crippen LogP contribution in [-0.4, -0.2) is 79.5 Å². The molecule has 2 saturated carbocycles. The molecule has 1 spiro atoms. The molecule has 0 bridgehead atoms. The molecule has 6 nitrogen and oxygen atoms in total. The van der Waals surface area contributed by atoms with Gasteiger partial charge in [-0.25, -0.2) is 12.7 Å². The molecule has 4 rings (SSSR count). The zero-order chi connectivity index (χ0) is 17.8. The Labute approximate surface area is 151 Å². The molecule has 7 heteroatoms. The molecular weight excluding hydrogens is 338 g/mol. The number of nitrogens with zero attached hydrogens (tertiary/aromatic N) is 3. The molecular formula is C18H31N3O3S. The number of sulfonamides is 1. The first kappa shape index (κ1) is 17.7. The second-order valence-corrected chi connectivity index (χ2v) is 10.9. The van der Waals surface area contributed by atoms with Crippen LogP contribution in [-0.2, 0) is 14.8 Å². The fourth-order valence-electron chi connectivity index (χ4n) is 5.18. The highest BCUT2D eigenvalue weighted by Crippen LogP contribution is 2.53. The summed E-state index contributed by atoms with van der Waals surface area (Å²) in [4.78, 5) is 17.6. The summed E-state index contributed by atoms with van der Waals surface area (Å²) in [6.45, 7) is 6.36. The first-order chi connectivity index (χ1) is 11.8. The van der Waals surface area contributed by atoms with Crippen LogP contribution in [0.2, 0.25) is 0 Å². The smallest absolute Gasteiger partial charge is 0.226 e. The van der Waals surface area contributed by atoms with Crippen LogP contribution in [0.3, 0.4) is 0 Å². The summed E-state index contributed by atoms with van der Waals surface area (Å²) < 4.78 is 24.9. The number of piperidine rings is 1. The van der Waals surface area contributed by atoms with E-state index in [0.29, 0.717) is 25.0 Å². The van der Waals surface area contributed by atoms with Crippen LogP contribution in [0.5, 0.6) is 0 Å². The molecule has 0 radical (unpaired) electrons. The van der Waals surface area contributed by atoms with Gasteiger partial charge in [0, 0.05) is 50.7 Å². The molecule has 0 aromatic heterocycles. The SMILES string of the molecule is C[C@H]1CN(C2CC2)CCN1C(=O)C1CC2(CCN(S(C)(=O)=O)CC2)C1. The molecule has 1 amide bonds. The van der Waals surface area contributed by atoms with Crippen LogP contribution in [0.4, 0.5) is 0 Å². The lowest BCUT2D eigenvalue weighted by Crippen LogP contribution is -2.58. The second kappa shape index (κ2) is 6.20. The van der Waals surface area contributed by atoms with Crippen molar-refractivity contribution in [3.05, 3.63) is 0 Å².